The van der Waals surface area contributed by atoms with Crippen LogP contribution in [0.15, 0.2) is 42.5 Å². The van der Waals surface area contributed by atoms with Crippen LogP contribution in [0.5, 0.6) is 0 Å². The quantitative estimate of drug-likeness (QED) is 0.833. The minimum atomic E-state index is -0.902. The fraction of sp³-hybridized carbons (Fsp3) is 0.300. The Labute approximate surface area is 150 Å². The molecule has 2 amide bonds. The summed E-state index contributed by atoms with van der Waals surface area (Å²) in [5.74, 6) is -2.25. The molecule has 0 spiro atoms. The van der Waals surface area contributed by atoms with Crippen LogP contribution in [0.1, 0.15) is 35.7 Å². The molecule has 1 aliphatic rings. The minimum absolute atomic E-state index is 0.00432. The predicted octanol–water partition coefficient (Wildman–Crippen LogP) is 3.45. The van der Waals surface area contributed by atoms with Gasteiger partial charge in [-0.05, 0) is 43.5 Å². The average molecular weight is 358 g/mol. The molecule has 1 heterocycles. The number of nitrogens with one attached hydrogen (secondary N) is 1. The maximum absolute atomic E-state index is 13.6. The Kier molecular flexibility index (Phi) is 5.30. The third kappa shape index (κ3) is 3.74. The molecule has 0 bridgehead atoms. The molecule has 3 rings (SSSR count). The highest BCUT2D eigenvalue weighted by Gasteiger charge is 2.29. The van der Waals surface area contributed by atoms with Gasteiger partial charge in [-0.3, -0.25) is 9.59 Å². The summed E-state index contributed by atoms with van der Waals surface area (Å²) >= 11 is 0. The molecule has 6 heteroatoms. The van der Waals surface area contributed by atoms with E-state index < -0.39 is 17.5 Å². The molecule has 0 aliphatic carbocycles. The molecule has 0 radical (unpaired) electrons. The van der Waals surface area contributed by atoms with Gasteiger partial charge in [0.25, 0.3) is 5.91 Å². The van der Waals surface area contributed by atoms with Gasteiger partial charge >= 0.3 is 0 Å². The van der Waals surface area contributed by atoms with Crippen molar-refractivity contribution in [3.05, 3.63) is 65.2 Å². The number of anilines is 1. The first-order valence-corrected chi connectivity index (χ1v) is 8.60. The third-order valence-corrected chi connectivity index (χ3v) is 4.50. The molecule has 1 atom stereocenters. The van der Waals surface area contributed by atoms with E-state index in [2.05, 4.69) is 5.32 Å². The van der Waals surface area contributed by atoms with Crippen LogP contribution in [0, 0.1) is 11.6 Å². The summed E-state index contributed by atoms with van der Waals surface area (Å²) in [6, 6.07) is 10.8. The average Bonchev–Trinajstić information content (AvgIpc) is 2.94. The molecule has 136 valence electrons. The van der Waals surface area contributed by atoms with Gasteiger partial charge in [-0.25, -0.2) is 8.78 Å². The van der Waals surface area contributed by atoms with Crippen LogP contribution in [0.3, 0.4) is 0 Å². The first-order valence-electron chi connectivity index (χ1n) is 8.60. The van der Waals surface area contributed by atoms with Crippen molar-refractivity contribution in [2.75, 3.05) is 11.4 Å². The number of carbonyl (C=O) groups is 2. The monoisotopic (exact) mass is 358 g/mol. The van der Waals surface area contributed by atoms with Crippen molar-refractivity contribution in [3.8, 4) is 0 Å². The lowest BCUT2D eigenvalue weighted by Gasteiger charge is -2.22. The van der Waals surface area contributed by atoms with Gasteiger partial charge in [-0.1, -0.05) is 18.2 Å². The van der Waals surface area contributed by atoms with Crippen molar-refractivity contribution < 1.29 is 18.4 Å². The molecule has 0 saturated heterocycles. The van der Waals surface area contributed by atoms with Crippen LogP contribution in [-0.2, 0) is 11.2 Å². The zero-order chi connectivity index (χ0) is 18.7. The topological polar surface area (TPSA) is 49.4 Å². The minimum Gasteiger partial charge on any atom is -0.352 e. The van der Waals surface area contributed by atoms with E-state index in [0.29, 0.717) is 12.5 Å². The summed E-state index contributed by atoms with van der Waals surface area (Å²) in [4.78, 5) is 26.3. The van der Waals surface area contributed by atoms with E-state index in [-0.39, 0.29) is 30.5 Å². The number of benzene rings is 2. The van der Waals surface area contributed by atoms with E-state index in [0.717, 1.165) is 29.8 Å². The van der Waals surface area contributed by atoms with E-state index in [9.17, 15) is 18.4 Å². The van der Waals surface area contributed by atoms with Gasteiger partial charge in [0.1, 0.15) is 11.6 Å². The smallest absolute Gasteiger partial charge is 0.254 e. The van der Waals surface area contributed by atoms with Crippen LogP contribution in [0.2, 0.25) is 0 Å². The second-order valence-corrected chi connectivity index (χ2v) is 6.43. The molecular weight excluding hydrogens is 338 g/mol. The molecule has 4 nitrogen and oxygen atoms in total. The fourth-order valence-corrected chi connectivity index (χ4v) is 3.28. The van der Waals surface area contributed by atoms with Crippen molar-refractivity contribution in [2.24, 2.45) is 0 Å². The number of nitrogens with zero attached hydrogens (tertiary/aromatic N) is 1. The standard InChI is InChI=1S/C20H20F2N2O2/c1-13-11-14-5-2-3-6-18(14)24(13)19(25)7-4-10-23-20(26)16-9-8-15(21)12-17(16)22/h2-3,5-6,8-9,12-13H,4,7,10-11H2,1H3,(H,23,26)/t13-/m0/s1. The van der Waals surface area contributed by atoms with E-state index in [4.69, 9.17) is 0 Å². The van der Waals surface area contributed by atoms with E-state index in [1.165, 1.54) is 0 Å². The van der Waals surface area contributed by atoms with Gasteiger partial charge in [0.2, 0.25) is 5.91 Å². The predicted molar refractivity (Wildman–Crippen MR) is 95.0 cm³/mol. The maximum atomic E-state index is 13.6. The molecule has 0 aromatic heterocycles. The zero-order valence-corrected chi connectivity index (χ0v) is 14.5. The van der Waals surface area contributed by atoms with Crippen LogP contribution >= 0.6 is 0 Å². The summed E-state index contributed by atoms with van der Waals surface area (Å²) in [7, 11) is 0. The Hall–Kier alpha value is -2.76. The SMILES string of the molecule is C[C@H]1Cc2ccccc2N1C(=O)CCCNC(=O)c1ccc(F)cc1F. The molecule has 2 aromatic carbocycles. The molecular formula is C20H20F2N2O2. The number of hydrogen-bond donors (Lipinski definition) is 1. The Balaban J connectivity index is 1.51. The first kappa shape index (κ1) is 18.0. The lowest BCUT2D eigenvalue weighted by atomic mass is 10.1. The molecule has 0 saturated carbocycles. The van der Waals surface area contributed by atoms with Gasteiger partial charge in [-0.15, -0.1) is 0 Å². The summed E-state index contributed by atoms with van der Waals surface area (Å²) in [6.45, 7) is 2.25. The van der Waals surface area contributed by atoms with Crippen LogP contribution in [0.4, 0.5) is 14.5 Å². The van der Waals surface area contributed by atoms with E-state index in [1.54, 1.807) is 4.90 Å². The highest BCUT2D eigenvalue weighted by molar-refractivity contribution is 5.96. The van der Waals surface area contributed by atoms with Crippen molar-refractivity contribution >= 4 is 17.5 Å². The second-order valence-electron chi connectivity index (χ2n) is 6.43. The van der Waals surface area contributed by atoms with Crippen LogP contribution < -0.4 is 10.2 Å². The number of para-hydroxylation sites is 1. The summed E-state index contributed by atoms with van der Waals surface area (Å²) in [5.41, 5.74) is 1.90. The van der Waals surface area contributed by atoms with Crippen LogP contribution in [0.25, 0.3) is 0 Å². The third-order valence-electron chi connectivity index (χ3n) is 4.50. The van der Waals surface area contributed by atoms with Gasteiger partial charge in [0.05, 0.1) is 5.56 Å². The molecule has 0 unspecified atom stereocenters. The van der Waals surface area contributed by atoms with Gasteiger partial charge < -0.3 is 10.2 Å². The Morgan fingerprint density at radius 2 is 1.96 bits per heavy atom. The summed E-state index contributed by atoms with van der Waals surface area (Å²) in [5, 5.41) is 2.56. The van der Waals surface area contributed by atoms with Crippen molar-refractivity contribution in [1.82, 2.24) is 5.32 Å². The number of amides is 2. The Morgan fingerprint density at radius 3 is 2.73 bits per heavy atom. The van der Waals surface area contributed by atoms with Gasteiger partial charge in [0.15, 0.2) is 0 Å². The van der Waals surface area contributed by atoms with Crippen molar-refractivity contribution in [2.45, 2.75) is 32.2 Å². The molecule has 1 aliphatic heterocycles. The Bertz CT molecular complexity index is 838. The molecule has 2 aromatic rings. The highest BCUT2D eigenvalue weighted by Crippen LogP contribution is 2.32. The zero-order valence-electron chi connectivity index (χ0n) is 14.5. The second kappa shape index (κ2) is 7.64. The first-order chi connectivity index (χ1) is 12.5. The molecule has 26 heavy (non-hydrogen) atoms. The summed E-state index contributed by atoms with van der Waals surface area (Å²) in [6.07, 6.45) is 1.56. The number of carbonyl (C=O) groups excluding carboxylic acids is 2. The largest absolute Gasteiger partial charge is 0.352 e. The number of fused-ring (bicyclic) bond motifs is 1. The lowest BCUT2D eigenvalue weighted by Crippen LogP contribution is -2.36. The van der Waals surface area contributed by atoms with E-state index in [1.807, 2.05) is 31.2 Å². The number of rotatable bonds is 5. The van der Waals surface area contributed by atoms with Crippen molar-refractivity contribution in [3.63, 3.8) is 0 Å². The molecule has 0 fully saturated rings. The summed E-state index contributed by atoms with van der Waals surface area (Å²) < 4.78 is 26.4. The molecule has 1 N–H and O–H groups in total. The normalized spacial score (nSPS) is 15.7. The lowest BCUT2D eigenvalue weighted by molar-refractivity contribution is -0.119. The van der Waals surface area contributed by atoms with E-state index >= 15 is 0 Å². The van der Waals surface area contributed by atoms with Gasteiger partial charge in [-0.2, -0.15) is 0 Å². The maximum Gasteiger partial charge on any atom is 0.254 e. The number of halogens is 2. The number of hydrogen-bond acceptors (Lipinski definition) is 2. The highest BCUT2D eigenvalue weighted by atomic mass is 19.1. The van der Waals surface area contributed by atoms with Crippen molar-refractivity contribution in [1.29, 1.82) is 0 Å². The fourth-order valence-electron chi connectivity index (χ4n) is 3.28. The van der Waals surface area contributed by atoms with Gasteiger partial charge in [0, 0.05) is 30.8 Å². The van der Waals surface area contributed by atoms with Crippen LogP contribution in [-0.4, -0.2) is 24.4 Å². The Morgan fingerprint density at radius 1 is 1.19 bits per heavy atom.